The molecular weight excluding hydrogens is 416 g/mol. The van der Waals surface area contributed by atoms with Gasteiger partial charge in [0.2, 0.25) is 0 Å². The van der Waals surface area contributed by atoms with Gasteiger partial charge in [0.15, 0.2) is 5.78 Å². The molecule has 3 fully saturated rings. The minimum absolute atomic E-state index is 0.302. The Bertz CT molecular complexity index is 827. The number of aliphatic hydroxyl groups excluding tert-OH is 2. The van der Waals surface area contributed by atoms with Crippen LogP contribution in [0.25, 0.3) is 0 Å². The number of ketones is 1. The van der Waals surface area contributed by atoms with Crippen molar-refractivity contribution in [3.63, 3.8) is 0 Å². The zero-order chi connectivity index (χ0) is 22.7. The standard InChI is InChI=1S/C28H40O3S/c1-19(6-3-8-26(31)27-9-5-15-32-27)24-12-13-25-21(7-4-14-28(24,25)2)11-10-20-16-22(29)18-23(30)17-20/h5,9-11,15,19,22-25,29-30H,3-4,6-8,12-14,16-18H2,1-2H3/b21-11+/t19-,22-,23-,24-,25+,28-/m1/s1. The fraction of sp³-hybridized carbons (Fsp3) is 0.679. The zero-order valence-corrected chi connectivity index (χ0v) is 20.6. The van der Waals surface area contributed by atoms with Crippen molar-refractivity contribution in [1.82, 2.24) is 0 Å². The van der Waals surface area contributed by atoms with Crippen molar-refractivity contribution in [2.45, 2.75) is 96.7 Å². The molecule has 4 rings (SSSR count). The zero-order valence-electron chi connectivity index (χ0n) is 19.8. The summed E-state index contributed by atoms with van der Waals surface area (Å²) in [6, 6.07) is 3.90. The lowest BCUT2D eigenvalue weighted by Crippen LogP contribution is -2.36. The Kier molecular flexibility index (Phi) is 7.74. The van der Waals surface area contributed by atoms with Crippen LogP contribution in [-0.4, -0.2) is 28.2 Å². The minimum atomic E-state index is -0.400. The molecule has 176 valence electrons. The van der Waals surface area contributed by atoms with Gasteiger partial charge in [-0.3, -0.25) is 4.79 Å². The van der Waals surface area contributed by atoms with Gasteiger partial charge in [-0.15, -0.1) is 11.3 Å². The molecule has 1 aromatic rings. The Hall–Kier alpha value is -1.23. The Morgan fingerprint density at radius 3 is 2.75 bits per heavy atom. The first kappa shape index (κ1) is 23.9. The van der Waals surface area contributed by atoms with Gasteiger partial charge in [-0.05, 0) is 98.8 Å². The lowest BCUT2D eigenvalue weighted by atomic mass is 9.60. The Morgan fingerprint density at radius 2 is 2.03 bits per heavy atom. The number of aliphatic hydroxyl groups is 2. The van der Waals surface area contributed by atoms with Crippen LogP contribution in [0.15, 0.2) is 40.8 Å². The van der Waals surface area contributed by atoms with E-state index in [2.05, 4.69) is 26.0 Å². The highest BCUT2D eigenvalue weighted by Crippen LogP contribution is 2.59. The summed E-state index contributed by atoms with van der Waals surface area (Å²) in [5, 5.41) is 22.0. The van der Waals surface area contributed by atoms with Gasteiger partial charge in [-0.25, -0.2) is 0 Å². The molecule has 3 saturated carbocycles. The van der Waals surface area contributed by atoms with Crippen LogP contribution >= 0.6 is 11.3 Å². The first-order chi connectivity index (χ1) is 15.4. The molecule has 2 N–H and O–H groups in total. The van der Waals surface area contributed by atoms with Gasteiger partial charge < -0.3 is 10.2 Å². The summed E-state index contributed by atoms with van der Waals surface area (Å²) in [5.41, 5.74) is 3.14. The van der Waals surface area contributed by atoms with E-state index in [1.165, 1.54) is 37.7 Å². The Labute approximate surface area is 197 Å². The summed E-state index contributed by atoms with van der Waals surface area (Å²) >= 11 is 1.56. The van der Waals surface area contributed by atoms with Crippen LogP contribution in [0.5, 0.6) is 0 Å². The Morgan fingerprint density at radius 1 is 1.25 bits per heavy atom. The van der Waals surface area contributed by atoms with E-state index < -0.39 is 12.2 Å². The maximum Gasteiger partial charge on any atom is 0.172 e. The van der Waals surface area contributed by atoms with Gasteiger partial charge in [-0.2, -0.15) is 0 Å². The average Bonchev–Trinajstić information content (AvgIpc) is 3.39. The number of fused-ring (bicyclic) bond motifs is 1. The van der Waals surface area contributed by atoms with Crippen molar-refractivity contribution in [1.29, 1.82) is 0 Å². The monoisotopic (exact) mass is 456 g/mol. The average molecular weight is 457 g/mol. The number of hydrogen-bond donors (Lipinski definition) is 2. The molecule has 32 heavy (non-hydrogen) atoms. The predicted octanol–water partition coefficient (Wildman–Crippen LogP) is 6.71. The molecule has 0 spiro atoms. The molecule has 0 aliphatic heterocycles. The normalized spacial score (nSPS) is 35.0. The molecule has 1 heterocycles. The van der Waals surface area contributed by atoms with Crippen LogP contribution in [-0.2, 0) is 0 Å². The van der Waals surface area contributed by atoms with Gasteiger partial charge in [0.1, 0.15) is 0 Å². The maximum absolute atomic E-state index is 12.4. The second-order valence-electron chi connectivity index (χ2n) is 10.9. The second kappa shape index (κ2) is 10.4. The third kappa shape index (κ3) is 5.29. The summed E-state index contributed by atoms with van der Waals surface area (Å²) in [4.78, 5) is 13.3. The van der Waals surface area contributed by atoms with Gasteiger partial charge in [0.25, 0.3) is 0 Å². The third-order valence-corrected chi connectivity index (χ3v) is 9.57. The second-order valence-corrected chi connectivity index (χ2v) is 11.8. The van der Waals surface area contributed by atoms with E-state index in [0.29, 0.717) is 48.7 Å². The van der Waals surface area contributed by atoms with Gasteiger partial charge in [0, 0.05) is 6.42 Å². The fourth-order valence-corrected chi connectivity index (χ4v) is 7.79. The van der Waals surface area contributed by atoms with Crippen LogP contribution in [0.3, 0.4) is 0 Å². The molecule has 0 amide bonds. The number of rotatable bonds is 7. The van der Waals surface area contributed by atoms with Crippen LogP contribution in [0.2, 0.25) is 0 Å². The van der Waals surface area contributed by atoms with Crippen molar-refractivity contribution < 1.29 is 15.0 Å². The van der Waals surface area contributed by atoms with E-state index in [-0.39, 0.29) is 0 Å². The van der Waals surface area contributed by atoms with Crippen LogP contribution in [0, 0.1) is 23.2 Å². The predicted molar refractivity (Wildman–Crippen MR) is 132 cm³/mol. The third-order valence-electron chi connectivity index (χ3n) is 8.66. The van der Waals surface area contributed by atoms with E-state index in [9.17, 15) is 15.0 Å². The molecule has 0 aromatic carbocycles. The van der Waals surface area contributed by atoms with Gasteiger partial charge in [0.05, 0.1) is 17.1 Å². The van der Waals surface area contributed by atoms with Crippen molar-refractivity contribution in [3.05, 3.63) is 45.7 Å². The SMILES string of the molecule is C[C@H](CCCC(=O)c1cccs1)[C@H]1CC[C@H]2/C(=C/C=C3C[C@@H](O)C[C@H](O)C3)CCC[C@]12C. The van der Waals surface area contributed by atoms with Crippen molar-refractivity contribution >= 4 is 17.1 Å². The molecule has 0 saturated heterocycles. The summed E-state index contributed by atoms with van der Waals surface area (Å²) in [6.07, 6.45) is 14.8. The summed E-state index contributed by atoms with van der Waals surface area (Å²) in [6.45, 7) is 4.94. The van der Waals surface area contributed by atoms with Crippen LogP contribution in [0.1, 0.15) is 94.1 Å². The molecule has 4 heteroatoms. The molecule has 3 nitrogen and oxygen atoms in total. The number of carbonyl (C=O) groups excluding carboxylic acids is 1. The van der Waals surface area contributed by atoms with E-state index in [0.717, 1.165) is 23.6 Å². The van der Waals surface area contributed by atoms with Crippen LogP contribution < -0.4 is 0 Å². The molecule has 6 atom stereocenters. The van der Waals surface area contributed by atoms with Gasteiger partial charge in [-0.1, -0.05) is 43.2 Å². The topological polar surface area (TPSA) is 57.5 Å². The lowest BCUT2D eigenvalue weighted by Gasteiger charge is -2.44. The Balaban J connectivity index is 1.37. The lowest BCUT2D eigenvalue weighted by molar-refractivity contribution is 0.0609. The highest BCUT2D eigenvalue weighted by molar-refractivity contribution is 7.12. The van der Waals surface area contributed by atoms with Crippen molar-refractivity contribution in [3.8, 4) is 0 Å². The molecule has 0 bridgehead atoms. The van der Waals surface area contributed by atoms with Crippen molar-refractivity contribution in [2.75, 3.05) is 0 Å². The summed E-state index contributed by atoms with van der Waals surface area (Å²) < 4.78 is 0. The smallest absolute Gasteiger partial charge is 0.172 e. The number of hydrogen-bond acceptors (Lipinski definition) is 4. The highest BCUT2D eigenvalue weighted by Gasteiger charge is 2.50. The molecular formula is C28H40O3S. The summed E-state index contributed by atoms with van der Waals surface area (Å²) in [7, 11) is 0. The molecule has 0 unspecified atom stereocenters. The van der Waals surface area contributed by atoms with Crippen LogP contribution in [0.4, 0.5) is 0 Å². The number of allylic oxidation sites excluding steroid dienone is 3. The van der Waals surface area contributed by atoms with E-state index in [1.807, 2.05) is 17.5 Å². The van der Waals surface area contributed by atoms with E-state index >= 15 is 0 Å². The minimum Gasteiger partial charge on any atom is -0.393 e. The highest BCUT2D eigenvalue weighted by atomic mass is 32.1. The van der Waals surface area contributed by atoms with Crippen molar-refractivity contribution in [2.24, 2.45) is 23.2 Å². The maximum atomic E-state index is 12.4. The molecule has 3 aliphatic rings. The molecule has 1 aromatic heterocycles. The first-order valence-corrected chi connectivity index (χ1v) is 13.6. The number of Topliss-reactive ketones (excluding diaryl/α,β-unsaturated/α-hetero) is 1. The first-order valence-electron chi connectivity index (χ1n) is 12.7. The van der Waals surface area contributed by atoms with E-state index in [4.69, 9.17) is 0 Å². The van der Waals surface area contributed by atoms with Gasteiger partial charge >= 0.3 is 0 Å². The largest absolute Gasteiger partial charge is 0.393 e. The molecule has 3 aliphatic carbocycles. The van der Waals surface area contributed by atoms with E-state index in [1.54, 1.807) is 16.9 Å². The quantitative estimate of drug-likeness (QED) is 0.448. The number of thiophene rings is 1. The number of carbonyl (C=O) groups is 1. The summed E-state index contributed by atoms with van der Waals surface area (Å²) in [5.74, 6) is 2.35. The fourth-order valence-electron chi connectivity index (χ4n) is 7.09. The molecule has 0 radical (unpaired) electrons.